The minimum atomic E-state index is -0.695. The normalized spacial score (nSPS) is 20.1. The van der Waals surface area contributed by atoms with Crippen molar-refractivity contribution in [3.63, 3.8) is 0 Å². The first-order valence-corrected chi connectivity index (χ1v) is 6.72. The van der Waals surface area contributed by atoms with E-state index in [0.29, 0.717) is 12.8 Å². The Morgan fingerprint density at radius 1 is 1.15 bits per heavy atom. The van der Waals surface area contributed by atoms with Crippen LogP contribution in [0.15, 0.2) is 54.6 Å². The summed E-state index contributed by atoms with van der Waals surface area (Å²) < 4.78 is 5.04. The maximum atomic E-state index is 12.3. The fraction of sp³-hybridized carbons (Fsp3) is 0.235. The molecule has 0 saturated heterocycles. The number of rotatable bonds is 3. The predicted octanol–water partition coefficient (Wildman–Crippen LogP) is 2.81. The summed E-state index contributed by atoms with van der Waals surface area (Å²) in [6.45, 7) is 0. The van der Waals surface area contributed by atoms with Gasteiger partial charge in [0.15, 0.2) is 0 Å². The van der Waals surface area contributed by atoms with Gasteiger partial charge in [-0.25, -0.2) is 4.79 Å². The second-order valence-corrected chi connectivity index (χ2v) is 5.19. The van der Waals surface area contributed by atoms with E-state index >= 15 is 0 Å². The Morgan fingerprint density at radius 2 is 1.85 bits per heavy atom. The third kappa shape index (κ3) is 2.16. The fourth-order valence-corrected chi connectivity index (χ4v) is 2.87. The number of hydrogen-bond donors (Lipinski definition) is 1. The second kappa shape index (κ2) is 5.00. The number of fused-ring (bicyclic) bond motifs is 1. The Bertz CT molecular complexity index is 597. The van der Waals surface area contributed by atoms with Crippen LogP contribution in [0.25, 0.3) is 0 Å². The number of esters is 1. The highest BCUT2D eigenvalue weighted by Gasteiger charge is 2.44. The van der Waals surface area contributed by atoms with Crippen molar-refractivity contribution in [2.75, 3.05) is 12.4 Å². The first kappa shape index (κ1) is 12.7. The highest BCUT2D eigenvalue weighted by Crippen LogP contribution is 2.35. The molecule has 0 unspecified atom stereocenters. The molecule has 1 N–H and O–H groups in total. The van der Waals surface area contributed by atoms with E-state index in [9.17, 15) is 4.79 Å². The monoisotopic (exact) mass is 267 g/mol. The molecule has 1 atom stereocenters. The molecule has 0 saturated carbocycles. The van der Waals surface area contributed by atoms with Crippen LogP contribution in [-0.4, -0.2) is 18.6 Å². The van der Waals surface area contributed by atoms with Crippen LogP contribution in [0, 0.1) is 0 Å². The van der Waals surface area contributed by atoms with E-state index in [0.717, 1.165) is 16.8 Å². The molecule has 0 amide bonds. The highest BCUT2D eigenvalue weighted by atomic mass is 16.5. The van der Waals surface area contributed by atoms with E-state index in [1.165, 1.54) is 7.11 Å². The summed E-state index contributed by atoms with van der Waals surface area (Å²) in [6.07, 6.45) is 1.28. The summed E-state index contributed by atoms with van der Waals surface area (Å²) in [5, 5.41) is 3.37. The zero-order valence-corrected chi connectivity index (χ0v) is 11.4. The van der Waals surface area contributed by atoms with E-state index in [4.69, 9.17) is 4.74 Å². The third-order valence-electron chi connectivity index (χ3n) is 3.81. The standard InChI is InChI=1S/C17H17NO2/c1-20-16(19)17(11-13-7-3-2-4-8-13)12-14-9-5-6-10-15(14)18-17/h2-10,18H,11-12H2,1H3/t17-/m1/s1. The number of ether oxygens (including phenoxy) is 1. The van der Waals surface area contributed by atoms with Crippen LogP contribution in [0.5, 0.6) is 0 Å². The molecule has 20 heavy (non-hydrogen) atoms. The van der Waals surface area contributed by atoms with E-state index < -0.39 is 5.54 Å². The average Bonchev–Trinajstić information content (AvgIpc) is 2.86. The van der Waals surface area contributed by atoms with Crippen LogP contribution in [0.3, 0.4) is 0 Å². The number of benzene rings is 2. The number of carbonyl (C=O) groups is 1. The summed E-state index contributed by atoms with van der Waals surface area (Å²) >= 11 is 0. The number of carbonyl (C=O) groups excluding carboxylic acids is 1. The van der Waals surface area contributed by atoms with E-state index in [-0.39, 0.29) is 5.97 Å². The number of methoxy groups -OCH3 is 1. The van der Waals surface area contributed by atoms with Crippen molar-refractivity contribution in [1.82, 2.24) is 0 Å². The molecule has 0 bridgehead atoms. The summed E-state index contributed by atoms with van der Waals surface area (Å²) in [6, 6.07) is 18.1. The van der Waals surface area contributed by atoms with Gasteiger partial charge in [-0.2, -0.15) is 0 Å². The molecule has 0 aliphatic carbocycles. The SMILES string of the molecule is COC(=O)[C@@]1(Cc2ccccc2)Cc2ccccc2N1. The largest absolute Gasteiger partial charge is 0.467 e. The Kier molecular flexibility index (Phi) is 3.18. The molecular formula is C17H17NO2. The third-order valence-corrected chi connectivity index (χ3v) is 3.81. The molecule has 3 rings (SSSR count). The smallest absolute Gasteiger partial charge is 0.332 e. The van der Waals surface area contributed by atoms with Gasteiger partial charge in [0.1, 0.15) is 5.54 Å². The minimum absolute atomic E-state index is 0.211. The van der Waals surface area contributed by atoms with Gasteiger partial charge in [0, 0.05) is 18.5 Å². The maximum absolute atomic E-state index is 12.3. The first-order valence-electron chi connectivity index (χ1n) is 6.72. The van der Waals surface area contributed by atoms with Crippen molar-refractivity contribution in [3.05, 3.63) is 65.7 Å². The minimum Gasteiger partial charge on any atom is -0.467 e. The lowest BCUT2D eigenvalue weighted by atomic mass is 9.88. The Labute approximate surface area is 118 Å². The summed E-state index contributed by atoms with van der Waals surface area (Å²) in [5.41, 5.74) is 2.61. The second-order valence-electron chi connectivity index (χ2n) is 5.19. The Hall–Kier alpha value is -2.29. The van der Waals surface area contributed by atoms with Gasteiger partial charge in [0.2, 0.25) is 0 Å². The molecule has 102 valence electrons. The fourth-order valence-electron chi connectivity index (χ4n) is 2.87. The zero-order valence-electron chi connectivity index (χ0n) is 11.4. The van der Waals surface area contributed by atoms with E-state index in [1.807, 2.05) is 48.5 Å². The average molecular weight is 267 g/mol. The molecule has 2 aromatic rings. The van der Waals surface area contributed by atoms with Crippen LogP contribution in [0.2, 0.25) is 0 Å². The van der Waals surface area contributed by atoms with Crippen molar-refractivity contribution >= 4 is 11.7 Å². The van der Waals surface area contributed by atoms with E-state index in [2.05, 4.69) is 11.4 Å². The van der Waals surface area contributed by atoms with E-state index in [1.54, 1.807) is 0 Å². The molecule has 0 fully saturated rings. The number of para-hydroxylation sites is 1. The zero-order chi connectivity index (χ0) is 14.0. The molecule has 3 nitrogen and oxygen atoms in total. The molecule has 1 aliphatic heterocycles. The van der Waals surface area contributed by atoms with Crippen LogP contribution >= 0.6 is 0 Å². The molecule has 0 aromatic heterocycles. The van der Waals surface area contributed by atoms with Gasteiger partial charge in [-0.1, -0.05) is 48.5 Å². The first-order chi connectivity index (χ1) is 9.73. The van der Waals surface area contributed by atoms with Crippen molar-refractivity contribution in [2.24, 2.45) is 0 Å². The van der Waals surface area contributed by atoms with Gasteiger partial charge < -0.3 is 10.1 Å². The molecular weight excluding hydrogens is 250 g/mol. The summed E-state index contributed by atoms with van der Waals surface area (Å²) in [4.78, 5) is 12.3. The van der Waals surface area contributed by atoms with Gasteiger partial charge in [-0.3, -0.25) is 0 Å². The van der Waals surface area contributed by atoms with Crippen molar-refractivity contribution in [1.29, 1.82) is 0 Å². The maximum Gasteiger partial charge on any atom is 0.332 e. The van der Waals surface area contributed by atoms with Gasteiger partial charge in [-0.05, 0) is 17.2 Å². The molecule has 3 heteroatoms. The molecule has 2 aromatic carbocycles. The predicted molar refractivity (Wildman–Crippen MR) is 78.7 cm³/mol. The molecule has 0 spiro atoms. The van der Waals surface area contributed by atoms with Crippen LogP contribution < -0.4 is 5.32 Å². The summed E-state index contributed by atoms with van der Waals surface area (Å²) in [5.74, 6) is -0.211. The molecule has 1 heterocycles. The quantitative estimate of drug-likeness (QED) is 0.869. The van der Waals surface area contributed by atoms with Gasteiger partial charge in [-0.15, -0.1) is 0 Å². The van der Waals surface area contributed by atoms with Crippen molar-refractivity contribution in [3.8, 4) is 0 Å². The lowest BCUT2D eigenvalue weighted by molar-refractivity contribution is -0.145. The van der Waals surface area contributed by atoms with Crippen LogP contribution in [0.1, 0.15) is 11.1 Å². The van der Waals surface area contributed by atoms with Gasteiger partial charge in [0.05, 0.1) is 7.11 Å². The summed E-state index contributed by atoms with van der Waals surface area (Å²) in [7, 11) is 1.44. The van der Waals surface area contributed by atoms with Crippen molar-refractivity contribution in [2.45, 2.75) is 18.4 Å². The molecule has 0 radical (unpaired) electrons. The topological polar surface area (TPSA) is 38.3 Å². The number of nitrogens with one attached hydrogen (secondary N) is 1. The van der Waals surface area contributed by atoms with Crippen molar-refractivity contribution < 1.29 is 9.53 Å². The van der Waals surface area contributed by atoms with Crippen LogP contribution in [-0.2, 0) is 22.4 Å². The lowest BCUT2D eigenvalue weighted by Crippen LogP contribution is -2.47. The Balaban J connectivity index is 1.94. The lowest BCUT2D eigenvalue weighted by Gasteiger charge is -2.27. The van der Waals surface area contributed by atoms with Gasteiger partial charge >= 0.3 is 5.97 Å². The molecule has 1 aliphatic rings. The van der Waals surface area contributed by atoms with Gasteiger partial charge in [0.25, 0.3) is 0 Å². The van der Waals surface area contributed by atoms with Crippen LogP contribution in [0.4, 0.5) is 5.69 Å². The highest BCUT2D eigenvalue weighted by molar-refractivity contribution is 5.88. The number of anilines is 1. The number of hydrogen-bond acceptors (Lipinski definition) is 3. The Morgan fingerprint density at radius 3 is 2.55 bits per heavy atom.